The van der Waals surface area contributed by atoms with Crippen LogP contribution in [0.25, 0.3) is 22.4 Å². The van der Waals surface area contributed by atoms with Crippen molar-refractivity contribution in [2.45, 2.75) is 39.2 Å². The number of para-hydroxylation sites is 1. The minimum Gasteiger partial charge on any atom is -0.507 e. The van der Waals surface area contributed by atoms with Crippen molar-refractivity contribution in [2.24, 2.45) is 23.7 Å². The van der Waals surface area contributed by atoms with Gasteiger partial charge in [-0.05, 0) is 95.3 Å². The number of nitrogens with one attached hydrogen (secondary N) is 1. The topological polar surface area (TPSA) is 110 Å². The van der Waals surface area contributed by atoms with Crippen molar-refractivity contribution in [3.05, 3.63) is 144 Å². The lowest BCUT2D eigenvalue weighted by Crippen LogP contribution is -2.39. The Kier molecular flexibility index (Phi) is 10.1. The van der Waals surface area contributed by atoms with Crippen molar-refractivity contribution in [1.29, 1.82) is 0 Å². The van der Waals surface area contributed by atoms with Gasteiger partial charge in [0.15, 0.2) is 0 Å². The van der Waals surface area contributed by atoms with Gasteiger partial charge in [0, 0.05) is 22.7 Å². The zero-order chi connectivity index (χ0) is 36.4. The van der Waals surface area contributed by atoms with Crippen LogP contribution >= 0.6 is 0 Å². The second kappa shape index (κ2) is 15.0. The molecule has 0 spiro atoms. The molecule has 7 heteroatoms. The summed E-state index contributed by atoms with van der Waals surface area (Å²) in [6.07, 6.45) is 2.42. The van der Waals surface area contributed by atoms with Crippen LogP contribution in [-0.2, 0) is 9.59 Å². The Labute approximate surface area is 304 Å². The van der Waals surface area contributed by atoms with Crippen LogP contribution < -0.4 is 10.2 Å². The first kappa shape index (κ1) is 34.9. The fraction of sp³-hybridized carbons (Fsp3) is 0.244. The van der Waals surface area contributed by atoms with Crippen molar-refractivity contribution in [1.82, 2.24) is 0 Å². The fourth-order valence-electron chi connectivity index (χ4n) is 8.10. The van der Waals surface area contributed by atoms with Gasteiger partial charge in [-0.2, -0.15) is 0 Å². The van der Waals surface area contributed by atoms with E-state index in [0.717, 1.165) is 44.4 Å². The molecular weight excluding hydrogens is 649 g/mol. The molecule has 264 valence electrons. The number of phenols is 1. The molecule has 1 heterocycles. The SMILES string of the molecule is CC(C)C1=C([C@H](O)CC/C(=C/c2ccc(O)c3ccccc23)c2ccccc2)[C@H](CO)[C@@H]2C(=O)N(c3ccc(Nc4ccccc4)cc3)C(=O)[C@@H]2C1. The molecule has 5 aromatic rings. The van der Waals surface area contributed by atoms with Crippen LogP contribution in [0.3, 0.4) is 0 Å². The largest absolute Gasteiger partial charge is 0.507 e. The third kappa shape index (κ3) is 6.77. The minimum atomic E-state index is -0.931. The normalized spacial score (nSPS) is 19.8. The van der Waals surface area contributed by atoms with E-state index < -0.39 is 23.9 Å². The van der Waals surface area contributed by atoms with E-state index >= 15 is 0 Å². The Morgan fingerprint density at radius 1 is 0.808 bits per heavy atom. The molecular formula is C45H44N2O5. The van der Waals surface area contributed by atoms with Crippen LogP contribution in [-0.4, -0.2) is 39.8 Å². The lowest BCUT2D eigenvalue weighted by atomic mass is 9.66. The maximum atomic E-state index is 14.2. The molecule has 52 heavy (non-hydrogen) atoms. The second-order valence-corrected chi connectivity index (χ2v) is 14.1. The zero-order valence-electron chi connectivity index (χ0n) is 29.4. The van der Waals surface area contributed by atoms with Gasteiger partial charge in [-0.15, -0.1) is 0 Å². The minimum absolute atomic E-state index is 0.00689. The molecule has 2 amide bonds. The zero-order valence-corrected chi connectivity index (χ0v) is 29.4. The third-order valence-corrected chi connectivity index (χ3v) is 10.7. The van der Waals surface area contributed by atoms with Gasteiger partial charge in [0.2, 0.25) is 11.8 Å². The van der Waals surface area contributed by atoms with Crippen LogP contribution in [0.1, 0.15) is 44.2 Å². The second-order valence-electron chi connectivity index (χ2n) is 14.1. The van der Waals surface area contributed by atoms with Gasteiger partial charge in [-0.1, -0.05) is 104 Å². The summed E-state index contributed by atoms with van der Waals surface area (Å²) in [5.41, 5.74) is 6.86. The highest BCUT2D eigenvalue weighted by Crippen LogP contribution is 2.49. The number of amides is 2. The number of carbonyl (C=O) groups excluding carboxylic acids is 2. The van der Waals surface area contributed by atoms with E-state index in [0.29, 0.717) is 30.5 Å². The van der Waals surface area contributed by atoms with Crippen molar-refractivity contribution >= 4 is 51.3 Å². The van der Waals surface area contributed by atoms with E-state index in [1.807, 2.05) is 117 Å². The molecule has 5 aromatic carbocycles. The van der Waals surface area contributed by atoms with Crippen LogP contribution in [0.15, 0.2) is 132 Å². The number of benzene rings is 5. The van der Waals surface area contributed by atoms with Crippen molar-refractivity contribution in [3.8, 4) is 5.75 Å². The molecule has 1 saturated heterocycles. The molecule has 0 aromatic heterocycles. The highest BCUT2D eigenvalue weighted by molar-refractivity contribution is 6.22. The highest BCUT2D eigenvalue weighted by Gasteiger charge is 2.55. The molecule has 0 radical (unpaired) electrons. The standard InChI is InChI=1S/C45H44N2O5/c1-28(2)37-26-38-43(45(52)47(44(38)51)34-21-19-33(20-22-34)46-32-13-7-4-8-14-32)39(27-48)42(37)41(50)24-17-30(29-11-5-3-6-12-29)25-31-18-23-40(49)36-16-10-9-15-35(31)36/h3-16,18-23,25,28,38-39,41,43,46,48-50H,17,24,26-27H2,1-2H3/b30-25-/t38-,39+,41-,43-/m1/s1. The molecule has 1 aliphatic carbocycles. The van der Waals surface area contributed by atoms with Crippen molar-refractivity contribution < 1.29 is 24.9 Å². The van der Waals surface area contributed by atoms with Gasteiger partial charge in [0.1, 0.15) is 5.75 Å². The van der Waals surface area contributed by atoms with Crippen molar-refractivity contribution in [3.63, 3.8) is 0 Å². The van der Waals surface area contributed by atoms with Gasteiger partial charge >= 0.3 is 0 Å². The Morgan fingerprint density at radius 3 is 2.12 bits per heavy atom. The van der Waals surface area contributed by atoms with Gasteiger partial charge in [-0.25, -0.2) is 0 Å². The number of aromatic hydroxyl groups is 1. The Hall–Kier alpha value is -5.50. The summed E-state index contributed by atoms with van der Waals surface area (Å²) >= 11 is 0. The van der Waals surface area contributed by atoms with Crippen LogP contribution in [0.4, 0.5) is 17.1 Å². The number of phenolic OH excluding ortho intramolecular Hbond substituents is 1. The van der Waals surface area contributed by atoms with E-state index in [2.05, 4.69) is 11.4 Å². The van der Waals surface area contributed by atoms with E-state index in [4.69, 9.17) is 0 Å². The maximum absolute atomic E-state index is 14.2. The predicted molar refractivity (Wildman–Crippen MR) is 208 cm³/mol. The number of allylic oxidation sites excluding steroid dienone is 2. The Bertz CT molecular complexity index is 2140. The van der Waals surface area contributed by atoms with E-state index in [1.54, 1.807) is 18.2 Å². The lowest BCUT2D eigenvalue weighted by Gasteiger charge is -2.38. The first-order chi connectivity index (χ1) is 25.2. The summed E-state index contributed by atoms with van der Waals surface area (Å²) in [4.78, 5) is 29.4. The number of carbonyl (C=O) groups is 2. The molecule has 2 aliphatic rings. The van der Waals surface area contributed by atoms with Gasteiger partial charge < -0.3 is 20.6 Å². The number of fused-ring (bicyclic) bond motifs is 2. The Balaban J connectivity index is 1.16. The number of hydrogen-bond donors (Lipinski definition) is 4. The lowest BCUT2D eigenvalue weighted by molar-refractivity contribution is -0.123. The van der Waals surface area contributed by atoms with Crippen molar-refractivity contribution in [2.75, 3.05) is 16.8 Å². The van der Waals surface area contributed by atoms with Crippen LogP contribution in [0.2, 0.25) is 0 Å². The summed E-state index contributed by atoms with van der Waals surface area (Å²) in [7, 11) is 0. The Morgan fingerprint density at radius 2 is 1.44 bits per heavy atom. The summed E-state index contributed by atoms with van der Waals surface area (Å²) in [6.45, 7) is 3.73. The molecule has 0 bridgehead atoms. The number of nitrogens with zero attached hydrogens (tertiary/aromatic N) is 1. The number of rotatable bonds is 11. The average Bonchev–Trinajstić information content (AvgIpc) is 3.42. The molecule has 1 fully saturated rings. The first-order valence-corrected chi connectivity index (χ1v) is 18.0. The van der Waals surface area contributed by atoms with Crippen LogP contribution in [0, 0.1) is 23.7 Å². The van der Waals surface area contributed by atoms with Gasteiger partial charge in [0.05, 0.1) is 30.2 Å². The van der Waals surface area contributed by atoms with Gasteiger partial charge in [0.25, 0.3) is 0 Å². The summed E-state index contributed by atoms with van der Waals surface area (Å²) < 4.78 is 0. The molecule has 4 atom stereocenters. The average molecular weight is 693 g/mol. The number of aliphatic hydroxyl groups is 2. The molecule has 0 saturated carbocycles. The molecule has 4 N–H and O–H groups in total. The quantitative estimate of drug-likeness (QED) is 0.0626. The highest BCUT2D eigenvalue weighted by atomic mass is 16.3. The summed E-state index contributed by atoms with van der Waals surface area (Å²) in [5, 5.41) is 38.4. The first-order valence-electron chi connectivity index (χ1n) is 18.0. The van der Waals surface area contributed by atoms with E-state index in [9.17, 15) is 24.9 Å². The molecule has 7 rings (SSSR count). The third-order valence-electron chi connectivity index (χ3n) is 10.7. The molecule has 0 unspecified atom stereocenters. The van der Waals surface area contributed by atoms with Gasteiger partial charge in [-0.3, -0.25) is 14.5 Å². The number of imide groups is 1. The fourth-order valence-corrected chi connectivity index (χ4v) is 8.10. The van der Waals surface area contributed by atoms with E-state index in [-0.39, 0.29) is 30.1 Å². The number of anilines is 3. The van der Waals surface area contributed by atoms with E-state index in [1.165, 1.54) is 4.90 Å². The molecule has 1 aliphatic heterocycles. The summed E-state index contributed by atoms with van der Waals surface area (Å²) in [5.74, 6) is -2.43. The predicted octanol–water partition coefficient (Wildman–Crippen LogP) is 8.74. The number of hydrogen-bond acceptors (Lipinski definition) is 6. The smallest absolute Gasteiger partial charge is 0.238 e. The maximum Gasteiger partial charge on any atom is 0.238 e. The molecule has 7 nitrogen and oxygen atoms in total. The summed E-state index contributed by atoms with van der Waals surface area (Å²) in [6, 6.07) is 38.4. The number of aliphatic hydroxyl groups excluding tert-OH is 2. The van der Waals surface area contributed by atoms with Crippen LogP contribution in [0.5, 0.6) is 5.75 Å². The monoisotopic (exact) mass is 692 g/mol.